The molecule has 1 aliphatic rings. The quantitative estimate of drug-likeness (QED) is 0.815. The summed E-state index contributed by atoms with van der Waals surface area (Å²) in [6.45, 7) is 7.46. The fourth-order valence-electron chi connectivity index (χ4n) is 2.61. The minimum absolute atomic E-state index is 0.00693. The molecule has 5 nitrogen and oxygen atoms in total. The molecule has 0 aliphatic carbocycles. The van der Waals surface area contributed by atoms with Crippen LogP contribution in [0.4, 0.5) is 0 Å². The minimum Gasteiger partial charge on any atom is -0.396 e. The highest BCUT2D eigenvalue weighted by Gasteiger charge is 2.33. The van der Waals surface area contributed by atoms with E-state index in [0.717, 1.165) is 44.7 Å². The zero-order valence-electron chi connectivity index (χ0n) is 11.4. The zero-order chi connectivity index (χ0) is 13.0. The molecule has 0 atom stereocenters. The van der Waals surface area contributed by atoms with Gasteiger partial charge in [0.2, 0.25) is 0 Å². The maximum Gasteiger partial charge on any atom is 0.138 e. The summed E-state index contributed by atoms with van der Waals surface area (Å²) in [6, 6.07) is 0. The Bertz CT molecular complexity index is 369. The van der Waals surface area contributed by atoms with E-state index in [1.807, 2.05) is 4.68 Å². The third-order valence-corrected chi connectivity index (χ3v) is 3.77. The van der Waals surface area contributed by atoms with Crippen molar-refractivity contribution >= 4 is 0 Å². The molecule has 0 amide bonds. The van der Waals surface area contributed by atoms with Gasteiger partial charge in [0, 0.05) is 25.0 Å². The van der Waals surface area contributed by atoms with Gasteiger partial charge in [-0.1, -0.05) is 13.8 Å². The highest BCUT2D eigenvalue weighted by Crippen LogP contribution is 2.31. The first-order valence-corrected chi connectivity index (χ1v) is 6.83. The highest BCUT2D eigenvalue weighted by atomic mass is 16.3. The van der Waals surface area contributed by atoms with E-state index in [-0.39, 0.29) is 12.0 Å². The topological polar surface area (TPSA) is 63.0 Å². The lowest BCUT2D eigenvalue weighted by molar-refractivity contribution is 0.0858. The van der Waals surface area contributed by atoms with E-state index >= 15 is 0 Å². The molecule has 18 heavy (non-hydrogen) atoms. The van der Waals surface area contributed by atoms with E-state index in [9.17, 15) is 5.11 Å². The van der Waals surface area contributed by atoms with Crippen LogP contribution in [-0.4, -0.2) is 39.6 Å². The number of hydrogen-bond acceptors (Lipinski definition) is 4. The van der Waals surface area contributed by atoms with Gasteiger partial charge in [-0.05, 0) is 31.8 Å². The molecule has 2 N–H and O–H groups in total. The van der Waals surface area contributed by atoms with Crippen LogP contribution in [0, 0.1) is 11.3 Å². The van der Waals surface area contributed by atoms with E-state index in [1.54, 1.807) is 6.33 Å². The Balaban J connectivity index is 2.09. The number of aliphatic hydroxyl groups is 1. The van der Waals surface area contributed by atoms with E-state index in [1.165, 1.54) is 0 Å². The molecule has 0 unspecified atom stereocenters. The predicted molar refractivity (Wildman–Crippen MR) is 70.2 cm³/mol. The van der Waals surface area contributed by atoms with Gasteiger partial charge in [-0.25, -0.2) is 9.67 Å². The summed E-state index contributed by atoms with van der Waals surface area (Å²) in [7, 11) is 0. The van der Waals surface area contributed by atoms with Crippen molar-refractivity contribution in [2.45, 2.75) is 39.7 Å². The molecule has 2 rings (SSSR count). The lowest BCUT2D eigenvalue weighted by Gasteiger charge is -2.35. The number of hydrogen-bond donors (Lipinski definition) is 2. The number of rotatable bonds is 5. The largest absolute Gasteiger partial charge is 0.396 e. The van der Waals surface area contributed by atoms with Crippen molar-refractivity contribution in [1.82, 2.24) is 20.1 Å². The molecule has 1 aromatic heterocycles. The SMILES string of the molecule is CC(C)Cn1ncnc1CC1(CO)CCNCC1. The standard InChI is InChI=1S/C13H24N4O/c1-11(2)8-17-12(15-10-16-17)7-13(9-18)3-5-14-6-4-13/h10-11,14,18H,3-9H2,1-2H3. The molecule has 0 spiro atoms. The van der Waals surface area contributed by atoms with Crippen molar-refractivity contribution in [2.75, 3.05) is 19.7 Å². The van der Waals surface area contributed by atoms with Gasteiger partial charge in [0.05, 0.1) is 0 Å². The first kappa shape index (κ1) is 13.5. The maximum absolute atomic E-state index is 9.73. The fraction of sp³-hybridized carbons (Fsp3) is 0.846. The summed E-state index contributed by atoms with van der Waals surface area (Å²) in [5.41, 5.74) is -0.00693. The molecule has 0 radical (unpaired) electrons. The molecular weight excluding hydrogens is 228 g/mol. The number of nitrogens with zero attached hydrogens (tertiary/aromatic N) is 3. The minimum atomic E-state index is -0.00693. The van der Waals surface area contributed by atoms with E-state index in [2.05, 4.69) is 29.2 Å². The van der Waals surface area contributed by atoms with Gasteiger partial charge in [0.15, 0.2) is 0 Å². The predicted octanol–water partition coefficient (Wildman–Crippen LogP) is 0.839. The summed E-state index contributed by atoms with van der Waals surface area (Å²) in [5, 5.41) is 17.4. The normalized spacial score (nSPS) is 19.3. The van der Waals surface area contributed by atoms with Crippen LogP contribution in [0.2, 0.25) is 0 Å². The van der Waals surface area contributed by atoms with E-state index < -0.39 is 0 Å². The first-order valence-electron chi connectivity index (χ1n) is 6.83. The summed E-state index contributed by atoms with van der Waals surface area (Å²) < 4.78 is 1.99. The molecule has 0 saturated carbocycles. The fourth-order valence-corrected chi connectivity index (χ4v) is 2.61. The van der Waals surface area contributed by atoms with Crippen LogP contribution in [0.1, 0.15) is 32.5 Å². The van der Waals surface area contributed by atoms with Crippen molar-refractivity contribution in [3.05, 3.63) is 12.2 Å². The lowest BCUT2D eigenvalue weighted by Crippen LogP contribution is -2.41. The van der Waals surface area contributed by atoms with Gasteiger partial charge in [-0.15, -0.1) is 0 Å². The van der Waals surface area contributed by atoms with Crippen LogP contribution in [0.5, 0.6) is 0 Å². The second kappa shape index (κ2) is 5.80. The third kappa shape index (κ3) is 3.09. The van der Waals surface area contributed by atoms with Crippen LogP contribution in [0.15, 0.2) is 6.33 Å². The Labute approximate surface area is 109 Å². The van der Waals surface area contributed by atoms with Crippen LogP contribution in [0.25, 0.3) is 0 Å². The Morgan fingerprint density at radius 2 is 2.17 bits per heavy atom. The second-order valence-corrected chi connectivity index (χ2v) is 5.84. The van der Waals surface area contributed by atoms with Gasteiger partial charge in [0.25, 0.3) is 0 Å². The summed E-state index contributed by atoms with van der Waals surface area (Å²) >= 11 is 0. The highest BCUT2D eigenvalue weighted by molar-refractivity contribution is 4.96. The molecule has 1 aromatic rings. The average Bonchev–Trinajstić information content (AvgIpc) is 2.77. The van der Waals surface area contributed by atoms with Gasteiger partial charge in [0.1, 0.15) is 12.2 Å². The molecule has 102 valence electrons. The second-order valence-electron chi connectivity index (χ2n) is 5.84. The van der Waals surface area contributed by atoms with Crippen LogP contribution >= 0.6 is 0 Å². The molecule has 1 saturated heterocycles. The Hall–Kier alpha value is -0.940. The number of aromatic nitrogens is 3. The lowest BCUT2D eigenvalue weighted by atomic mass is 9.76. The third-order valence-electron chi connectivity index (χ3n) is 3.77. The molecule has 1 fully saturated rings. The van der Waals surface area contributed by atoms with E-state index in [4.69, 9.17) is 0 Å². The van der Waals surface area contributed by atoms with Crippen molar-refractivity contribution in [3.8, 4) is 0 Å². The van der Waals surface area contributed by atoms with Crippen LogP contribution < -0.4 is 5.32 Å². The van der Waals surface area contributed by atoms with Crippen molar-refractivity contribution in [3.63, 3.8) is 0 Å². The Morgan fingerprint density at radius 3 is 2.78 bits per heavy atom. The molecule has 1 aliphatic heterocycles. The maximum atomic E-state index is 9.73. The summed E-state index contributed by atoms with van der Waals surface area (Å²) in [6.07, 6.45) is 4.48. The molecule has 2 heterocycles. The number of aliphatic hydroxyl groups excluding tert-OH is 1. The smallest absolute Gasteiger partial charge is 0.138 e. The summed E-state index contributed by atoms with van der Waals surface area (Å²) in [5.74, 6) is 1.57. The molecule has 0 aromatic carbocycles. The summed E-state index contributed by atoms with van der Waals surface area (Å²) in [4.78, 5) is 4.38. The van der Waals surface area contributed by atoms with Gasteiger partial charge in [-0.2, -0.15) is 5.10 Å². The van der Waals surface area contributed by atoms with Gasteiger partial charge < -0.3 is 10.4 Å². The zero-order valence-corrected chi connectivity index (χ0v) is 11.4. The van der Waals surface area contributed by atoms with Crippen molar-refractivity contribution < 1.29 is 5.11 Å². The van der Waals surface area contributed by atoms with Gasteiger partial charge >= 0.3 is 0 Å². The van der Waals surface area contributed by atoms with E-state index in [0.29, 0.717) is 5.92 Å². The molecule has 5 heteroatoms. The van der Waals surface area contributed by atoms with Crippen LogP contribution in [-0.2, 0) is 13.0 Å². The Morgan fingerprint density at radius 1 is 1.44 bits per heavy atom. The molecular formula is C13H24N4O. The monoisotopic (exact) mass is 252 g/mol. The van der Waals surface area contributed by atoms with Gasteiger partial charge in [-0.3, -0.25) is 0 Å². The number of nitrogens with one attached hydrogen (secondary N) is 1. The average molecular weight is 252 g/mol. The van der Waals surface area contributed by atoms with Crippen LogP contribution in [0.3, 0.4) is 0 Å². The molecule has 0 bridgehead atoms. The number of piperidine rings is 1. The first-order chi connectivity index (χ1) is 8.65. The van der Waals surface area contributed by atoms with Crippen molar-refractivity contribution in [1.29, 1.82) is 0 Å². The Kier molecular flexibility index (Phi) is 4.35. The van der Waals surface area contributed by atoms with Crippen molar-refractivity contribution in [2.24, 2.45) is 11.3 Å².